The van der Waals surface area contributed by atoms with Crippen molar-refractivity contribution in [1.82, 2.24) is 0 Å². The number of aliphatic hydroxyl groups excluding tert-OH is 15. The van der Waals surface area contributed by atoms with Gasteiger partial charge in [0.25, 0.3) is 0 Å². The Bertz CT molecular complexity index is 2120. The second-order valence-electron chi connectivity index (χ2n) is 26.6. The van der Waals surface area contributed by atoms with Gasteiger partial charge in [-0.2, -0.15) is 0 Å². The van der Waals surface area contributed by atoms with Gasteiger partial charge in [0.15, 0.2) is 25.2 Å². The Labute approximate surface area is 461 Å². The average Bonchev–Trinajstić information content (AvgIpc) is 2.31. The van der Waals surface area contributed by atoms with Crippen molar-refractivity contribution in [3.05, 3.63) is 11.6 Å². The first kappa shape index (κ1) is 62.3. The van der Waals surface area contributed by atoms with Gasteiger partial charge in [0.05, 0.1) is 57.5 Å². The first-order chi connectivity index (χ1) is 37.1. The van der Waals surface area contributed by atoms with Crippen LogP contribution in [0.15, 0.2) is 11.6 Å². The van der Waals surface area contributed by atoms with E-state index in [4.69, 9.17) is 42.6 Å². The highest BCUT2D eigenvalue weighted by Crippen LogP contribution is 2.76. The monoisotopic (exact) mass is 1140 g/mol. The van der Waals surface area contributed by atoms with Crippen LogP contribution in [-0.4, -0.2) is 258 Å². The fraction of sp³-hybridized carbons (Fsp3) is 0.964. The summed E-state index contributed by atoms with van der Waals surface area (Å²) in [6.07, 6.45) is -27.8. The van der Waals surface area contributed by atoms with E-state index in [2.05, 4.69) is 40.7 Å². The van der Waals surface area contributed by atoms with E-state index in [0.29, 0.717) is 44.9 Å². The van der Waals surface area contributed by atoms with Crippen molar-refractivity contribution in [2.24, 2.45) is 50.2 Å². The highest BCUT2D eigenvalue weighted by molar-refractivity contribution is 5.37. The van der Waals surface area contributed by atoms with Crippen molar-refractivity contribution in [3.8, 4) is 0 Å². The van der Waals surface area contributed by atoms with Gasteiger partial charge >= 0.3 is 0 Å². The summed E-state index contributed by atoms with van der Waals surface area (Å²) in [6, 6.07) is 0. The molecule has 79 heavy (non-hydrogen) atoms. The van der Waals surface area contributed by atoms with Crippen LogP contribution >= 0.6 is 0 Å². The minimum atomic E-state index is -1.91. The van der Waals surface area contributed by atoms with Crippen molar-refractivity contribution in [2.75, 3.05) is 40.1 Å². The van der Waals surface area contributed by atoms with Crippen LogP contribution in [0.4, 0.5) is 0 Å². The number of ether oxygens (including phenoxy) is 9. The Morgan fingerprint density at radius 2 is 1.06 bits per heavy atom. The van der Waals surface area contributed by atoms with E-state index in [1.807, 2.05) is 6.92 Å². The van der Waals surface area contributed by atoms with Crippen LogP contribution < -0.4 is 0 Å². The Hall–Kier alpha value is -1.22. The first-order valence-electron chi connectivity index (χ1n) is 28.4. The third-order valence-electron chi connectivity index (χ3n) is 21.9. The maximum Gasteiger partial charge on any atom is 0.187 e. The van der Waals surface area contributed by atoms with Gasteiger partial charge < -0.3 is 119 Å². The van der Waals surface area contributed by atoms with Crippen LogP contribution in [-0.2, 0) is 42.6 Å². The van der Waals surface area contributed by atoms with Gasteiger partial charge in [-0.05, 0) is 91.8 Å². The van der Waals surface area contributed by atoms with Crippen molar-refractivity contribution in [1.29, 1.82) is 0 Å². The lowest BCUT2D eigenvalue weighted by atomic mass is 9.32. The molecule has 24 heteroatoms. The topological polar surface area (TPSA) is 387 Å². The number of allylic oxidation sites excluding steroid dienone is 1. The van der Waals surface area contributed by atoms with Crippen LogP contribution in [0.1, 0.15) is 99.8 Å². The van der Waals surface area contributed by atoms with Crippen molar-refractivity contribution >= 4 is 0 Å². The van der Waals surface area contributed by atoms with E-state index in [1.54, 1.807) is 7.11 Å². The lowest BCUT2D eigenvalue weighted by Gasteiger charge is -2.73. The lowest BCUT2D eigenvalue weighted by Crippen LogP contribution is -2.71. The average molecular weight is 1140 g/mol. The normalized spacial score (nSPS) is 55.6. The molecule has 0 aromatic carbocycles. The Kier molecular flexibility index (Phi) is 18.1. The largest absolute Gasteiger partial charge is 0.396 e. The highest BCUT2D eigenvalue weighted by atomic mass is 16.8. The molecular weight excluding hydrogens is 1040 g/mol. The molecule has 0 aromatic heterocycles. The summed E-state index contributed by atoms with van der Waals surface area (Å²) >= 11 is 0. The Balaban J connectivity index is 1.00. The molecule has 24 nitrogen and oxygen atoms in total. The van der Waals surface area contributed by atoms with Crippen LogP contribution in [0.25, 0.3) is 0 Å². The Morgan fingerprint density at radius 3 is 1.66 bits per heavy atom. The molecule has 8 fully saturated rings. The Morgan fingerprint density at radius 1 is 0.519 bits per heavy atom. The van der Waals surface area contributed by atoms with Crippen molar-refractivity contribution in [3.63, 3.8) is 0 Å². The predicted octanol–water partition coefficient (Wildman–Crippen LogP) is -2.97. The minimum Gasteiger partial charge on any atom is -0.396 e. The van der Waals surface area contributed by atoms with E-state index in [1.165, 1.54) is 12.5 Å². The molecule has 5 aliphatic carbocycles. The number of rotatable bonds is 14. The summed E-state index contributed by atoms with van der Waals surface area (Å²) in [5.74, 6) is -0.657. The SMILES string of the molecule is CO[C@@H]1C=C2[C@@H]3CC(C)(C)CC[C@]3(CO)[C@@H](O[C@@H]3O[C@H](CO)[C@@H](O)[C@H](O)[C@H]3O)C[C@@]2(C)[C@]2(C)CC[C@H]3[C@](C)(CO)[C@@H](O[C@@H]4O[C@H](CO)[C@@H](O)[C@H](O[C@@H]5O[C@H](CO)[C@@H](O)[C@H](O)[C@H]5O[C@@H]5O[C@H](C)[C@H](O)[C@H](O)[C@H]5O)[C@H]4O)CC[C@]3(C)[C@@H]12. The summed E-state index contributed by atoms with van der Waals surface area (Å²) in [5.41, 5.74) is -2.55. The van der Waals surface area contributed by atoms with Gasteiger partial charge in [-0.1, -0.05) is 53.2 Å². The molecule has 0 amide bonds. The van der Waals surface area contributed by atoms with Crippen molar-refractivity contribution in [2.45, 2.75) is 241 Å². The molecular formula is C55H92O24. The van der Waals surface area contributed by atoms with E-state index in [9.17, 15) is 76.6 Å². The highest BCUT2D eigenvalue weighted by Gasteiger charge is 2.73. The molecule has 15 N–H and O–H groups in total. The third kappa shape index (κ3) is 10.0. The number of hydrogen-bond donors (Lipinski definition) is 15. The lowest BCUT2D eigenvalue weighted by molar-refractivity contribution is -0.392. The molecule has 0 unspecified atom stereocenters. The van der Waals surface area contributed by atoms with Gasteiger partial charge in [-0.15, -0.1) is 0 Å². The van der Waals surface area contributed by atoms with Gasteiger partial charge in [-0.3, -0.25) is 0 Å². The summed E-state index contributed by atoms with van der Waals surface area (Å²) < 4.78 is 55.8. The molecule has 9 aliphatic rings. The maximum atomic E-state index is 12.2. The molecule has 4 saturated heterocycles. The molecule has 9 rings (SSSR count). The second-order valence-corrected chi connectivity index (χ2v) is 26.6. The van der Waals surface area contributed by atoms with Crippen LogP contribution in [0.5, 0.6) is 0 Å². The van der Waals surface area contributed by atoms with E-state index < -0.39 is 188 Å². The maximum absolute atomic E-state index is 12.2. The van der Waals surface area contributed by atoms with E-state index in [-0.39, 0.29) is 36.4 Å². The van der Waals surface area contributed by atoms with E-state index in [0.717, 1.165) is 6.42 Å². The number of methoxy groups -OCH3 is 1. The molecule has 0 bridgehead atoms. The number of hydrogen-bond acceptors (Lipinski definition) is 24. The predicted molar refractivity (Wildman–Crippen MR) is 270 cm³/mol. The van der Waals surface area contributed by atoms with Gasteiger partial charge in [0, 0.05) is 23.9 Å². The third-order valence-corrected chi connectivity index (χ3v) is 21.9. The van der Waals surface area contributed by atoms with E-state index >= 15 is 0 Å². The molecule has 0 aromatic rings. The minimum absolute atomic E-state index is 0.126. The zero-order valence-electron chi connectivity index (χ0n) is 46.7. The molecule has 31 atom stereocenters. The fourth-order valence-corrected chi connectivity index (χ4v) is 17.0. The summed E-state index contributed by atoms with van der Waals surface area (Å²) in [7, 11) is 1.70. The van der Waals surface area contributed by atoms with Gasteiger partial charge in [0.1, 0.15) is 91.6 Å². The fourth-order valence-electron chi connectivity index (χ4n) is 17.0. The van der Waals surface area contributed by atoms with Crippen LogP contribution in [0.2, 0.25) is 0 Å². The van der Waals surface area contributed by atoms with Crippen LogP contribution in [0.3, 0.4) is 0 Å². The summed E-state index contributed by atoms with van der Waals surface area (Å²) in [4.78, 5) is 0. The number of fused-ring (bicyclic) bond motifs is 7. The molecule has 4 aliphatic heterocycles. The molecule has 0 spiro atoms. The molecule has 4 saturated carbocycles. The van der Waals surface area contributed by atoms with Gasteiger partial charge in [-0.25, -0.2) is 0 Å². The number of aliphatic hydroxyl groups is 15. The standard InChI is InChI=1S/C55H92O24/c1-23-33(61)37(65)40(68)46(72-23)79-44-39(67)35(63)28(19-57)75-49(44)78-43-36(64)29(20-58)74-48(42(43)70)76-31-10-11-51(4)30(52(31,5)21-59)9-12-53(6)45(51)26(71-8)15-24-25-16-50(2,3)13-14-55(25,22-60)32(17-54(24,53)7)77-47-41(69)38(66)34(62)27(18-56)73-47/h15,23,25-49,56-70H,9-14,16-22H2,1-8H3/t23-,25+,26-,27-,28-,29-,30-,31+,32+,33+,34-,35-,36-,37+,38+,39+,40-,41-,42-,43+,44-,45-,46+,47+,48+,49+,51+,52+,53-,54-,55-/m1/s1. The second kappa shape index (κ2) is 22.9. The summed E-state index contributed by atoms with van der Waals surface area (Å²) in [6.45, 7) is 11.7. The molecule has 4 heterocycles. The summed E-state index contributed by atoms with van der Waals surface area (Å²) in [5, 5.41) is 165. The van der Waals surface area contributed by atoms with Crippen molar-refractivity contribution < 1.29 is 119 Å². The quantitative estimate of drug-likeness (QED) is 0.0610. The first-order valence-corrected chi connectivity index (χ1v) is 28.4. The van der Waals surface area contributed by atoms with Gasteiger partial charge in [0.2, 0.25) is 0 Å². The molecule has 0 radical (unpaired) electrons. The smallest absolute Gasteiger partial charge is 0.187 e. The van der Waals surface area contributed by atoms with Crippen LogP contribution in [0, 0.1) is 50.2 Å². The zero-order chi connectivity index (χ0) is 57.9. The molecule has 456 valence electrons. The zero-order valence-corrected chi connectivity index (χ0v) is 46.7.